The maximum Gasteiger partial charge on any atom is 0.235 e. The predicted molar refractivity (Wildman–Crippen MR) is 45.1 cm³/mol. The first-order chi connectivity index (χ1) is 4.61. The molecule has 0 aromatic rings. The van der Waals surface area contributed by atoms with Gasteiger partial charge in [-0.05, 0) is 24.3 Å². The van der Waals surface area contributed by atoms with Gasteiger partial charge in [0.05, 0.1) is 5.25 Å². The molecule has 0 aliphatic carbocycles. The van der Waals surface area contributed by atoms with Crippen LogP contribution in [0.5, 0.6) is 0 Å². The first kappa shape index (κ1) is 8.68. The van der Waals surface area contributed by atoms with Crippen LogP contribution in [0.3, 0.4) is 0 Å². The van der Waals surface area contributed by atoms with Gasteiger partial charge in [0.15, 0.2) is 0 Å². The van der Waals surface area contributed by atoms with Crippen molar-refractivity contribution >= 4 is 31.5 Å². The van der Waals surface area contributed by atoms with Crippen LogP contribution < -0.4 is 0 Å². The third kappa shape index (κ3) is 2.32. The van der Waals surface area contributed by atoms with E-state index in [9.17, 15) is 8.42 Å². The summed E-state index contributed by atoms with van der Waals surface area (Å²) in [4.78, 5) is 0. The van der Waals surface area contributed by atoms with E-state index < -0.39 is 9.05 Å². The smallest absolute Gasteiger partial charge is 0.212 e. The first-order valence-electron chi connectivity index (χ1n) is 3.12. The van der Waals surface area contributed by atoms with Gasteiger partial charge in [-0.2, -0.15) is 11.8 Å². The lowest BCUT2D eigenvalue weighted by Gasteiger charge is -2.17. The second kappa shape index (κ2) is 3.32. The summed E-state index contributed by atoms with van der Waals surface area (Å²) < 4.78 is 21.5. The summed E-state index contributed by atoms with van der Waals surface area (Å²) in [5.74, 6) is 1.85. The molecule has 1 aliphatic rings. The van der Waals surface area contributed by atoms with E-state index in [2.05, 4.69) is 0 Å². The minimum Gasteiger partial charge on any atom is -0.212 e. The molecule has 0 amide bonds. The highest BCUT2D eigenvalue weighted by molar-refractivity contribution is 8.14. The quantitative estimate of drug-likeness (QED) is 0.601. The standard InChI is InChI=1S/C5H9ClO2S2/c6-10(7,8)5-1-3-9-4-2-5/h5H,1-4H2. The van der Waals surface area contributed by atoms with Crippen LogP contribution in [0.1, 0.15) is 12.8 Å². The fourth-order valence-electron chi connectivity index (χ4n) is 0.957. The SMILES string of the molecule is O=S(=O)(Cl)C1CCSCC1. The Hall–Kier alpha value is 0.590. The summed E-state index contributed by atoms with van der Waals surface area (Å²) >= 11 is 1.79. The van der Waals surface area contributed by atoms with Gasteiger partial charge >= 0.3 is 0 Å². The maximum absolute atomic E-state index is 10.7. The average Bonchev–Trinajstić information content (AvgIpc) is 1.88. The van der Waals surface area contributed by atoms with Gasteiger partial charge in [0.2, 0.25) is 9.05 Å². The van der Waals surface area contributed by atoms with E-state index >= 15 is 0 Å². The normalized spacial score (nSPS) is 22.9. The van der Waals surface area contributed by atoms with Crippen LogP contribution in [0.15, 0.2) is 0 Å². The van der Waals surface area contributed by atoms with Crippen LogP contribution in [-0.2, 0) is 9.05 Å². The molecular weight excluding hydrogens is 192 g/mol. The fraction of sp³-hybridized carbons (Fsp3) is 1.00. The second-order valence-electron chi connectivity index (χ2n) is 2.29. The second-order valence-corrected chi connectivity index (χ2v) is 6.42. The van der Waals surface area contributed by atoms with E-state index in [0.29, 0.717) is 0 Å². The van der Waals surface area contributed by atoms with Gasteiger partial charge < -0.3 is 0 Å². The van der Waals surface area contributed by atoms with Gasteiger partial charge in [-0.25, -0.2) is 8.42 Å². The van der Waals surface area contributed by atoms with Crippen LogP contribution in [0.25, 0.3) is 0 Å². The molecule has 1 heterocycles. The van der Waals surface area contributed by atoms with Gasteiger partial charge in [-0.1, -0.05) is 0 Å². The zero-order valence-electron chi connectivity index (χ0n) is 5.42. The zero-order chi connectivity index (χ0) is 7.61. The maximum atomic E-state index is 10.7. The van der Waals surface area contributed by atoms with E-state index in [1.54, 1.807) is 11.8 Å². The molecule has 1 fully saturated rings. The number of hydrogen-bond acceptors (Lipinski definition) is 3. The number of thioether (sulfide) groups is 1. The lowest BCUT2D eigenvalue weighted by atomic mass is 10.2. The van der Waals surface area contributed by atoms with Crippen molar-refractivity contribution in [1.82, 2.24) is 0 Å². The molecule has 2 nitrogen and oxygen atoms in total. The molecule has 0 aromatic heterocycles. The van der Waals surface area contributed by atoms with Gasteiger partial charge in [0.1, 0.15) is 0 Å². The summed E-state index contributed by atoms with van der Waals surface area (Å²) in [7, 11) is 1.91. The molecule has 10 heavy (non-hydrogen) atoms. The van der Waals surface area contributed by atoms with Gasteiger partial charge in [-0.15, -0.1) is 0 Å². The lowest BCUT2D eigenvalue weighted by molar-refractivity contribution is 0.585. The molecular formula is C5H9ClO2S2. The van der Waals surface area contributed by atoms with Crippen LogP contribution >= 0.6 is 22.4 Å². The summed E-state index contributed by atoms with van der Waals surface area (Å²) in [6.45, 7) is 0. The Bertz CT molecular complexity index is 194. The molecule has 0 radical (unpaired) electrons. The Kier molecular flexibility index (Phi) is 2.89. The van der Waals surface area contributed by atoms with E-state index in [1.165, 1.54) is 0 Å². The van der Waals surface area contributed by atoms with Crippen molar-refractivity contribution in [3.63, 3.8) is 0 Å². The van der Waals surface area contributed by atoms with Crippen molar-refractivity contribution < 1.29 is 8.42 Å². The minimum atomic E-state index is -3.27. The van der Waals surface area contributed by atoms with E-state index in [-0.39, 0.29) is 5.25 Å². The van der Waals surface area contributed by atoms with Crippen LogP contribution in [-0.4, -0.2) is 25.2 Å². The van der Waals surface area contributed by atoms with E-state index in [0.717, 1.165) is 24.3 Å². The molecule has 0 unspecified atom stereocenters. The van der Waals surface area contributed by atoms with Gasteiger partial charge in [0.25, 0.3) is 0 Å². The summed E-state index contributed by atoms with van der Waals surface area (Å²) in [5.41, 5.74) is 0. The average molecular weight is 201 g/mol. The zero-order valence-corrected chi connectivity index (χ0v) is 7.81. The van der Waals surface area contributed by atoms with Crippen LogP contribution in [0, 0.1) is 0 Å². The molecule has 0 saturated carbocycles. The van der Waals surface area contributed by atoms with Crippen molar-refractivity contribution in [3.05, 3.63) is 0 Å². The van der Waals surface area contributed by atoms with E-state index in [1.807, 2.05) is 0 Å². The molecule has 0 spiro atoms. The lowest BCUT2D eigenvalue weighted by Crippen LogP contribution is -2.21. The molecule has 1 aliphatic heterocycles. The highest BCUT2D eigenvalue weighted by Gasteiger charge is 2.24. The Balaban J connectivity index is 2.56. The van der Waals surface area contributed by atoms with Gasteiger partial charge in [-0.3, -0.25) is 0 Å². The summed E-state index contributed by atoms with van der Waals surface area (Å²) in [5, 5.41) is -0.282. The third-order valence-electron chi connectivity index (χ3n) is 1.57. The van der Waals surface area contributed by atoms with Crippen LogP contribution in [0.2, 0.25) is 0 Å². The predicted octanol–water partition coefficient (Wildman–Crippen LogP) is 1.45. The highest BCUT2D eigenvalue weighted by atomic mass is 35.7. The largest absolute Gasteiger partial charge is 0.235 e. The molecule has 1 rings (SSSR count). The Morgan fingerprint density at radius 1 is 1.30 bits per heavy atom. The molecule has 0 N–H and O–H groups in total. The monoisotopic (exact) mass is 200 g/mol. The number of halogens is 1. The van der Waals surface area contributed by atoms with Crippen LogP contribution in [0.4, 0.5) is 0 Å². The van der Waals surface area contributed by atoms with Crippen molar-refractivity contribution in [3.8, 4) is 0 Å². The fourth-order valence-corrected chi connectivity index (χ4v) is 3.70. The topological polar surface area (TPSA) is 34.1 Å². The van der Waals surface area contributed by atoms with Crippen molar-refractivity contribution in [1.29, 1.82) is 0 Å². The Morgan fingerprint density at radius 2 is 1.80 bits per heavy atom. The molecule has 0 atom stereocenters. The first-order valence-corrected chi connectivity index (χ1v) is 6.64. The Morgan fingerprint density at radius 3 is 2.10 bits per heavy atom. The summed E-state index contributed by atoms with van der Waals surface area (Å²) in [6.07, 6.45) is 1.44. The molecule has 1 saturated heterocycles. The minimum absolute atomic E-state index is 0.282. The Labute approximate surface area is 69.7 Å². The third-order valence-corrected chi connectivity index (χ3v) is 4.64. The number of rotatable bonds is 1. The highest BCUT2D eigenvalue weighted by Crippen LogP contribution is 2.24. The summed E-state index contributed by atoms with van der Waals surface area (Å²) in [6, 6.07) is 0. The van der Waals surface area contributed by atoms with Crippen molar-refractivity contribution in [2.24, 2.45) is 0 Å². The molecule has 60 valence electrons. The van der Waals surface area contributed by atoms with Gasteiger partial charge in [0, 0.05) is 10.7 Å². The number of hydrogen-bond donors (Lipinski definition) is 0. The molecule has 5 heteroatoms. The van der Waals surface area contributed by atoms with E-state index in [4.69, 9.17) is 10.7 Å². The van der Waals surface area contributed by atoms with Crippen molar-refractivity contribution in [2.75, 3.05) is 11.5 Å². The van der Waals surface area contributed by atoms with Crippen molar-refractivity contribution in [2.45, 2.75) is 18.1 Å². The molecule has 0 bridgehead atoms. The molecule has 0 aromatic carbocycles.